The number of H-pyrrole nitrogens is 1. The first-order valence-electron chi connectivity index (χ1n) is 13.7. The molecule has 12 heteroatoms. The van der Waals surface area contributed by atoms with Crippen molar-refractivity contribution in [2.75, 3.05) is 38.2 Å². The number of methoxy groups -OCH3 is 1. The Hall–Kier alpha value is -4.32. The van der Waals surface area contributed by atoms with Crippen LogP contribution in [0.15, 0.2) is 53.3 Å². The van der Waals surface area contributed by atoms with Gasteiger partial charge in [0.15, 0.2) is 5.82 Å². The van der Waals surface area contributed by atoms with Crippen LogP contribution in [-0.2, 0) is 0 Å². The van der Waals surface area contributed by atoms with Crippen LogP contribution >= 0.6 is 0 Å². The highest BCUT2D eigenvalue weighted by Gasteiger charge is 2.34. The van der Waals surface area contributed by atoms with Crippen LogP contribution in [0.25, 0.3) is 10.9 Å². The molecule has 0 spiro atoms. The van der Waals surface area contributed by atoms with Gasteiger partial charge in [-0.1, -0.05) is 19.3 Å². The zero-order valence-electron chi connectivity index (χ0n) is 22.4. The molecule has 1 N–H and O–H groups in total. The molecule has 0 unspecified atom stereocenters. The molecule has 12 nitrogen and oxygen atoms in total. The van der Waals surface area contributed by atoms with Gasteiger partial charge in [-0.3, -0.25) is 19.8 Å². The number of nitrogens with zero attached hydrogens (tertiary/aromatic N) is 7. The summed E-state index contributed by atoms with van der Waals surface area (Å²) < 4.78 is 7.38. The zero-order chi connectivity index (χ0) is 27.6. The van der Waals surface area contributed by atoms with Crippen molar-refractivity contribution in [1.29, 1.82) is 0 Å². The predicted octanol–water partition coefficient (Wildman–Crippen LogP) is 3.85. The Kier molecular flexibility index (Phi) is 7.16. The van der Waals surface area contributed by atoms with E-state index in [1.165, 1.54) is 18.6 Å². The van der Waals surface area contributed by atoms with Crippen LogP contribution in [0.1, 0.15) is 55.6 Å². The van der Waals surface area contributed by atoms with Crippen molar-refractivity contribution in [3.63, 3.8) is 0 Å². The van der Waals surface area contributed by atoms with Gasteiger partial charge in [0.05, 0.1) is 18.1 Å². The summed E-state index contributed by atoms with van der Waals surface area (Å²) in [5.74, 6) is 1.40. The minimum atomic E-state index is -0.435. The average molecular weight is 545 g/mol. The Balaban J connectivity index is 1.36. The van der Waals surface area contributed by atoms with Gasteiger partial charge < -0.3 is 14.6 Å². The highest BCUT2D eigenvalue weighted by molar-refractivity contribution is 5.80. The Morgan fingerprint density at radius 2 is 1.77 bits per heavy atom. The minimum absolute atomic E-state index is 0.0733. The van der Waals surface area contributed by atoms with Crippen LogP contribution in [0.5, 0.6) is 5.75 Å². The third-order valence-electron chi connectivity index (χ3n) is 8.16. The summed E-state index contributed by atoms with van der Waals surface area (Å²) in [6.45, 7) is 2.71. The Bertz CT molecular complexity index is 1550. The largest absolute Gasteiger partial charge is 0.497 e. The number of fused-ring (bicyclic) bond motifs is 1. The van der Waals surface area contributed by atoms with E-state index >= 15 is 0 Å². The SMILES string of the molecule is COc1ccc2[nH]c(=O)c([C@@H](c3nnnn3C3CCCCC3)N3CCN(c4ccc([N+](=O)[O-])cc4)CC3)cc2c1. The van der Waals surface area contributed by atoms with Crippen molar-refractivity contribution in [2.45, 2.75) is 44.2 Å². The lowest BCUT2D eigenvalue weighted by atomic mass is 9.95. The van der Waals surface area contributed by atoms with Gasteiger partial charge in [0.25, 0.3) is 11.2 Å². The normalized spacial score (nSPS) is 17.7. The molecule has 40 heavy (non-hydrogen) atoms. The van der Waals surface area contributed by atoms with E-state index in [1.54, 1.807) is 19.2 Å². The van der Waals surface area contributed by atoms with Crippen molar-refractivity contribution in [3.8, 4) is 5.75 Å². The second-order valence-corrected chi connectivity index (χ2v) is 10.5. The minimum Gasteiger partial charge on any atom is -0.497 e. The van der Waals surface area contributed by atoms with Gasteiger partial charge in [-0.2, -0.15) is 0 Å². The molecule has 2 aliphatic rings. The summed E-state index contributed by atoms with van der Waals surface area (Å²) in [6, 6.07) is 14.0. The number of ether oxygens (including phenoxy) is 1. The fourth-order valence-electron chi connectivity index (χ4n) is 6.02. The number of rotatable bonds is 7. The van der Waals surface area contributed by atoms with Crippen molar-refractivity contribution in [2.24, 2.45) is 0 Å². The number of piperazine rings is 1. The summed E-state index contributed by atoms with van der Waals surface area (Å²) in [6.07, 6.45) is 5.53. The number of anilines is 1. The van der Waals surface area contributed by atoms with Gasteiger partial charge in [0, 0.05) is 60.5 Å². The highest BCUT2D eigenvalue weighted by atomic mass is 16.6. The molecule has 4 aromatic rings. The lowest BCUT2D eigenvalue weighted by Crippen LogP contribution is -2.49. The second-order valence-electron chi connectivity index (χ2n) is 10.5. The van der Waals surface area contributed by atoms with E-state index in [-0.39, 0.29) is 22.2 Å². The summed E-state index contributed by atoms with van der Waals surface area (Å²) >= 11 is 0. The van der Waals surface area contributed by atoms with Crippen LogP contribution in [0, 0.1) is 10.1 Å². The lowest BCUT2D eigenvalue weighted by molar-refractivity contribution is -0.384. The van der Waals surface area contributed by atoms with Gasteiger partial charge >= 0.3 is 0 Å². The number of nitro benzene ring substituents is 1. The van der Waals surface area contributed by atoms with Gasteiger partial charge in [0.2, 0.25) is 0 Å². The van der Waals surface area contributed by atoms with Crippen molar-refractivity contribution in [1.82, 2.24) is 30.1 Å². The fourth-order valence-corrected chi connectivity index (χ4v) is 6.02. The molecule has 2 aromatic heterocycles. The molecule has 0 amide bonds. The molecule has 2 fully saturated rings. The molecule has 2 aromatic carbocycles. The molecule has 1 saturated heterocycles. The number of non-ortho nitro benzene ring substituents is 1. The number of hydrogen-bond acceptors (Lipinski definition) is 9. The first kappa shape index (κ1) is 25.9. The van der Waals surface area contributed by atoms with Gasteiger partial charge in [-0.25, -0.2) is 4.68 Å². The van der Waals surface area contributed by atoms with Gasteiger partial charge in [-0.15, -0.1) is 5.10 Å². The molecule has 208 valence electrons. The second kappa shape index (κ2) is 11.0. The summed E-state index contributed by atoms with van der Waals surface area (Å²) in [5, 5.41) is 25.0. The number of nitro groups is 1. The van der Waals surface area contributed by atoms with E-state index in [9.17, 15) is 14.9 Å². The first-order valence-corrected chi connectivity index (χ1v) is 13.7. The molecular weight excluding hydrogens is 512 g/mol. The number of aromatic nitrogens is 5. The third kappa shape index (κ3) is 5.02. The molecule has 1 aliphatic carbocycles. The molecule has 3 heterocycles. The van der Waals surface area contributed by atoms with Crippen LogP contribution in [0.4, 0.5) is 11.4 Å². The van der Waals surface area contributed by atoms with E-state index < -0.39 is 6.04 Å². The fraction of sp³-hybridized carbons (Fsp3) is 0.429. The van der Waals surface area contributed by atoms with E-state index in [2.05, 4.69) is 30.3 Å². The van der Waals surface area contributed by atoms with Crippen LogP contribution < -0.4 is 15.2 Å². The number of aromatic amines is 1. The topological polar surface area (TPSA) is 135 Å². The summed E-state index contributed by atoms with van der Waals surface area (Å²) in [5.41, 5.74) is 2.17. The van der Waals surface area contributed by atoms with Crippen LogP contribution in [0.3, 0.4) is 0 Å². The predicted molar refractivity (Wildman–Crippen MR) is 150 cm³/mol. The van der Waals surface area contributed by atoms with Crippen LogP contribution in [-0.4, -0.2) is 68.3 Å². The number of hydrogen-bond donors (Lipinski definition) is 1. The van der Waals surface area contributed by atoms with Crippen molar-refractivity contribution < 1.29 is 9.66 Å². The summed E-state index contributed by atoms with van der Waals surface area (Å²) in [7, 11) is 1.62. The first-order chi connectivity index (χ1) is 19.5. The third-order valence-corrected chi connectivity index (χ3v) is 8.16. The Labute approximate surface area is 230 Å². The highest BCUT2D eigenvalue weighted by Crippen LogP contribution is 2.34. The molecule has 0 bridgehead atoms. The molecule has 1 atom stereocenters. The molecule has 1 aliphatic heterocycles. The van der Waals surface area contributed by atoms with E-state index in [0.717, 1.165) is 42.3 Å². The number of tetrazole rings is 1. The Morgan fingerprint density at radius 1 is 1.02 bits per heavy atom. The molecule has 6 rings (SSSR count). The molecular formula is C28H32N8O4. The maximum absolute atomic E-state index is 13.6. The monoisotopic (exact) mass is 544 g/mol. The zero-order valence-corrected chi connectivity index (χ0v) is 22.4. The number of benzene rings is 2. The van der Waals surface area contributed by atoms with Crippen molar-refractivity contribution in [3.05, 3.63) is 80.4 Å². The van der Waals surface area contributed by atoms with E-state index in [0.29, 0.717) is 43.3 Å². The van der Waals surface area contributed by atoms with E-state index in [1.807, 2.05) is 28.9 Å². The molecule has 1 saturated carbocycles. The van der Waals surface area contributed by atoms with Crippen LogP contribution in [0.2, 0.25) is 0 Å². The standard InChI is InChI=1S/C28H32N8O4/c1-40-23-11-12-25-19(17-23)18-24(28(37)29-25)26(27-30-31-32-35(27)21-5-3-2-4-6-21)34-15-13-33(14-16-34)20-7-9-22(10-8-20)36(38)39/h7-12,17-18,21,26H,2-6,13-16H2,1H3,(H,29,37)/t26-/m0/s1. The average Bonchev–Trinajstić information content (AvgIpc) is 3.48. The lowest BCUT2D eigenvalue weighted by Gasteiger charge is -2.40. The van der Waals surface area contributed by atoms with Crippen molar-refractivity contribution >= 4 is 22.3 Å². The van der Waals surface area contributed by atoms with Gasteiger partial charge in [-0.05, 0) is 59.7 Å². The van der Waals surface area contributed by atoms with Gasteiger partial charge in [0.1, 0.15) is 11.8 Å². The maximum Gasteiger partial charge on any atom is 0.269 e. The quantitative estimate of drug-likeness (QED) is 0.272. The Morgan fingerprint density at radius 3 is 2.48 bits per heavy atom. The number of nitrogens with one attached hydrogen (secondary N) is 1. The van der Waals surface area contributed by atoms with E-state index in [4.69, 9.17) is 4.74 Å². The summed E-state index contributed by atoms with van der Waals surface area (Å²) in [4.78, 5) is 31.8. The molecule has 0 radical (unpaired) electrons. The maximum atomic E-state index is 13.6. The smallest absolute Gasteiger partial charge is 0.269 e. The number of pyridine rings is 1.